The maximum absolute atomic E-state index is 12.9. The van der Waals surface area contributed by atoms with Crippen molar-refractivity contribution in [2.24, 2.45) is 0 Å². The van der Waals surface area contributed by atoms with Gasteiger partial charge in [-0.15, -0.1) is 0 Å². The Morgan fingerprint density at radius 2 is 1.91 bits per heavy atom. The van der Waals surface area contributed by atoms with Gasteiger partial charge >= 0.3 is 0 Å². The van der Waals surface area contributed by atoms with Gasteiger partial charge in [-0.25, -0.2) is 9.97 Å². The number of nitrogens with zero attached hydrogens (tertiary/aromatic N) is 4. The van der Waals surface area contributed by atoms with E-state index >= 15 is 0 Å². The minimum atomic E-state index is -0.0229. The highest BCUT2D eigenvalue weighted by atomic mass is 16.5. The standard InChI is InChI=1S/C26H34N6O2/c1-18-9-10-22(34-12-11-27-4)13-24(18)29-25(33)17-31-15-19(2)32(20(3)16-31)26-28-14-21-7-5-6-8-23(21)30-26/h5-10,13-14,19-20,27H,11-12,15-17H2,1-4H3,(H,29,33). The van der Waals surface area contributed by atoms with Crippen molar-refractivity contribution in [1.29, 1.82) is 0 Å². The monoisotopic (exact) mass is 462 g/mol. The number of para-hydroxylation sites is 1. The van der Waals surface area contributed by atoms with Gasteiger partial charge in [0, 0.05) is 55.1 Å². The van der Waals surface area contributed by atoms with Crippen LogP contribution in [0.15, 0.2) is 48.7 Å². The van der Waals surface area contributed by atoms with Crippen LogP contribution in [0.4, 0.5) is 11.6 Å². The number of ether oxygens (including phenoxy) is 1. The number of fused-ring (bicyclic) bond motifs is 1. The lowest BCUT2D eigenvalue weighted by Gasteiger charge is -2.44. The molecule has 1 aliphatic heterocycles. The highest BCUT2D eigenvalue weighted by Crippen LogP contribution is 2.24. The van der Waals surface area contributed by atoms with Gasteiger partial charge in [0.25, 0.3) is 0 Å². The van der Waals surface area contributed by atoms with Crippen molar-refractivity contribution in [3.05, 3.63) is 54.2 Å². The summed E-state index contributed by atoms with van der Waals surface area (Å²) in [4.78, 5) is 26.7. The number of aromatic nitrogens is 2. The Kier molecular flexibility index (Phi) is 7.59. The molecule has 0 spiro atoms. The Morgan fingerprint density at radius 1 is 1.15 bits per heavy atom. The molecule has 1 fully saturated rings. The first kappa shape index (κ1) is 23.9. The lowest BCUT2D eigenvalue weighted by molar-refractivity contribution is -0.117. The molecule has 2 N–H and O–H groups in total. The van der Waals surface area contributed by atoms with Gasteiger partial charge in [0.15, 0.2) is 0 Å². The third-order valence-electron chi connectivity index (χ3n) is 6.17. The van der Waals surface area contributed by atoms with Crippen LogP contribution in [-0.4, -0.2) is 72.7 Å². The third-order valence-corrected chi connectivity index (χ3v) is 6.17. The number of rotatable bonds is 8. The van der Waals surface area contributed by atoms with E-state index in [4.69, 9.17) is 9.72 Å². The van der Waals surface area contributed by atoms with Gasteiger partial charge in [0.2, 0.25) is 11.9 Å². The number of carbonyl (C=O) groups is 1. The summed E-state index contributed by atoms with van der Waals surface area (Å²) in [6.07, 6.45) is 1.88. The highest BCUT2D eigenvalue weighted by molar-refractivity contribution is 5.93. The fourth-order valence-electron chi connectivity index (χ4n) is 4.53. The highest BCUT2D eigenvalue weighted by Gasteiger charge is 2.32. The zero-order valence-corrected chi connectivity index (χ0v) is 20.4. The molecular formula is C26H34N6O2. The maximum Gasteiger partial charge on any atom is 0.238 e. The van der Waals surface area contributed by atoms with Crippen LogP contribution in [0.3, 0.4) is 0 Å². The summed E-state index contributed by atoms with van der Waals surface area (Å²) in [7, 11) is 1.89. The van der Waals surface area contributed by atoms with Gasteiger partial charge in [-0.1, -0.05) is 24.3 Å². The fraction of sp³-hybridized carbons (Fsp3) is 0.423. The first-order chi connectivity index (χ1) is 16.4. The number of benzene rings is 2. The average Bonchev–Trinajstić information content (AvgIpc) is 2.81. The van der Waals surface area contributed by atoms with Crippen LogP contribution in [0.25, 0.3) is 10.9 Å². The van der Waals surface area contributed by atoms with Crippen LogP contribution >= 0.6 is 0 Å². The Hall–Kier alpha value is -3.23. The number of likely N-dealkylation sites (N-methyl/N-ethyl adjacent to an activating group) is 1. The summed E-state index contributed by atoms with van der Waals surface area (Å²) in [6.45, 7) is 9.52. The van der Waals surface area contributed by atoms with Gasteiger partial charge < -0.3 is 20.3 Å². The molecule has 4 rings (SSSR count). The molecule has 8 nitrogen and oxygen atoms in total. The molecule has 2 unspecified atom stereocenters. The molecule has 180 valence electrons. The molecule has 0 saturated carbocycles. The van der Waals surface area contributed by atoms with Crippen molar-refractivity contribution in [3.63, 3.8) is 0 Å². The number of hydrogen-bond acceptors (Lipinski definition) is 7. The summed E-state index contributed by atoms with van der Waals surface area (Å²) in [6, 6.07) is 14.2. The predicted octanol–water partition coefficient (Wildman–Crippen LogP) is 3.07. The molecule has 1 aliphatic rings. The summed E-state index contributed by atoms with van der Waals surface area (Å²) >= 11 is 0. The van der Waals surface area contributed by atoms with E-state index in [0.29, 0.717) is 13.2 Å². The second kappa shape index (κ2) is 10.8. The van der Waals surface area contributed by atoms with Crippen molar-refractivity contribution in [2.45, 2.75) is 32.9 Å². The molecule has 3 aromatic rings. The molecular weight excluding hydrogens is 428 g/mol. The summed E-state index contributed by atoms with van der Waals surface area (Å²) in [5, 5.41) is 7.16. The number of anilines is 2. The number of hydrogen-bond donors (Lipinski definition) is 2. The molecule has 8 heteroatoms. The van der Waals surface area contributed by atoms with Crippen LogP contribution in [0.5, 0.6) is 5.75 Å². The SMILES string of the molecule is CNCCOc1ccc(C)c(NC(=O)CN2CC(C)N(c3ncc4ccccc4n3)C(C)C2)c1. The predicted molar refractivity (Wildman–Crippen MR) is 137 cm³/mol. The minimum absolute atomic E-state index is 0.0229. The number of carbonyl (C=O) groups excluding carboxylic acids is 1. The van der Waals surface area contributed by atoms with E-state index in [-0.39, 0.29) is 18.0 Å². The number of amides is 1. The number of aryl methyl sites for hydroxylation is 1. The Bertz CT molecular complexity index is 1130. The Balaban J connectivity index is 1.37. The molecule has 34 heavy (non-hydrogen) atoms. The zero-order chi connectivity index (χ0) is 24.1. The van der Waals surface area contributed by atoms with E-state index in [1.54, 1.807) is 0 Å². The molecule has 0 bridgehead atoms. The molecule has 2 aromatic carbocycles. The van der Waals surface area contributed by atoms with Gasteiger partial charge in [-0.2, -0.15) is 0 Å². The van der Waals surface area contributed by atoms with Gasteiger partial charge in [-0.05, 0) is 45.5 Å². The van der Waals surface area contributed by atoms with Crippen LogP contribution in [0, 0.1) is 6.92 Å². The van der Waals surface area contributed by atoms with Gasteiger partial charge in [0.1, 0.15) is 12.4 Å². The summed E-state index contributed by atoms with van der Waals surface area (Å²) in [5.74, 6) is 1.47. The smallest absolute Gasteiger partial charge is 0.238 e. The van der Waals surface area contributed by atoms with Crippen molar-refractivity contribution in [3.8, 4) is 5.75 Å². The van der Waals surface area contributed by atoms with E-state index in [2.05, 4.69) is 39.3 Å². The average molecular weight is 463 g/mol. The minimum Gasteiger partial charge on any atom is -0.492 e. The van der Waals surface area contributed by atoms with Crippen molar-refractivity contribution in [1.82, 2.24) is 20.2 Å². The topological polar surface area (TPSA) is 82.6 Å². The third kappa shape index (κ3) is 5.63. The van der Waals surface area contributed by atoms with Gasteiger partial charge in [0.05, 0.1) is 12.1 Å². The number of piperazine rings is 1. The fourth-order valence-corrected chi connectivity index (χ4v) is 4.53. The molecule has 0 radical (unpaired) electrons. The molecule has 1 amide bonds. The number of nitrogens with one attached hydrogen (secondary N) is 2. The first-order valence-electron chi connectivity index (χ1n) is 11.8. The Labute approximate surface area is 201 Å². The second-order valence-corrected chi connectivity index (χ2v) is 9.01. The van der Waals surface area contributed by atoms with E-state index in [1.165, 1.54) is 0 Å². The quantitative estimate of drug-likeness (QED) is 0.498. The summed E-state index contributed by atoms with van der Waals surface area (Å²) in [5.41, 5.74) is 2.74. The van der Waals surface area contributed by atoms with Crippen molar-refractivity contribution >= 4 is 28.4 Å². The second-order valence-electron chi connectivity index (χ2n) is 9.01. The zero-order valence-electron chi connectivity index (χ0n) is 20.4. The van der Waals surface area contributed by atoms with Crippen molar-refractivity contribution < 1.29 is 9.53 Å². The molecule has 2 heterocycles. The lowest BCUT2D eigenvalue weighted by atomic mass is 10.1. The molecule has 2 atom stereocenters. The van der Waals surface area contributed by atoms with E-state index in [0.717, 1.165) is 53.5 Å². The maximum atomic E-state index is 12.9. The van der Waals surface area contributed by atoms with Gasteiger partial charge in [-0.3, -0.25) is 9.69 Å². The van der Waals surface area contributed by atoms with Crippen LogP contribution in [0.2, 0.25) is 0 Å². The lowest BCUT2D eigenvalue weighted by Crippen LogP contribution is -2.58. The van der Waals surface area contributed by atoms with E-state index in [9.17, 15) is 4.79 Å². The summed E-state index contributed by atoms with van der Waals surface area (Å²) < 4.78 is 5.74. The first-order valence-corrected chi connectivity index (χ1v) is 11.8. The van der Waals surface area contributed by atoms with Crippen LogP contribution in [-0.2, 0) is 4.79 Å². The van der Waals surface area contributed by atoms with E-state index < -0.39 is 0 Å². The normalized spacial score (nSPS) is 18.8. The van der Waals surface area contributed by atoms with E-state index in [1.807, 2.05) is 62.6 Å². The Morgan fingerprint density at radius 3 is 2.68 bits per heavy atom. The molecule has 0 aliphatic carbocycles. The van der Waals surface area contributed by atoms with Crippen LogP contribution in [0.1, 0.15) is 19.4 Å². The van der Waals surface area contributed by atoms with Crippen molar-refractivity contribution in [2.75, 3.05) is 50.1 Å². The molecule has 1 saturated heterocycles. The largest absolute Gasteiger partial charge is 0.492 e. The van der Waals surface area contributed by atoms with Crippen LogP contribution < -0.4 is 20.3 Å². The molecule has 1 aromatic heterocycles.